The van der Waals surface area contributed by atoms with Gasteiger partial charge in [-0.3, -0.25) is 5.41 Å². The molecule has 52 heavy (non-hydrogen) atoms. The van der Waals surface area contributed by atoms with E-state index in [0.717, 1.165) is 43.5 Å². The van der Waals surface area contributed by atoms with Gasteiger partial charge in [0.15, 0.2) is 11.7 Å². The fourth-order valence-electron chi connectivity index (χ4n) is 7.51. The van der Waals surface area contributed by atoms with Gasteiger partial charge in [-0.05, 0) is 69.8 Å². The zero-order valence-corrected chi connectivity index (χ0v) is 28.8. The first-order valence-corrected chi connectivity index (χ1v) is 18.1. The van der Waals surface area contributed by atoms with Crippen LogP contribution in [0, 0.1) is 5.41 Å². The Bertz CT molecular complexity index is 2920. The van der Waals surface area contributed by atoms with Gasteiger partial charge >= 0.3 is 0 Å². The maximum atomic E-state index is 9.18. The highest BCUT2D eigenvalue weighted by Crippen LogP contribution is 2.51. The summed E-state index contributed by atoms with van der Waals surface area (Å²) in [6.45, 7) is 0. The van der Waals surface area contributed by atoms with Crippen LogP contribution in [0.4, 0.5) is 17.1 Å². The number of thiophene rings is 1. The Kier molecular flexibility index (Phi) is 7.12. The van der Waals surface area contributed by atoms with Crippen LogP contribution in [0.5, 0.6) is 0 Å². The number of amidine groups is 2. The first kappa shape index (κ1) is 30.2. The average Bonchev–Trinajstić information content (AvgIpc) is 3.59. The van der Waals surface area contributed by atoms with Crippen LogP contribution in [-0.2, 0) is 0 Å². The second-order valence-corrected chi connectivity index (χ2v) is 14.1. The van der Waals surface area contributed by atoms with E-state index < -0.39 is 0 Å². The van der Waals surface area contributed by atoms with Crippen LogP contribution >= 0.6 is 11.3 Å². The van der Waals surface area contributed by atoms with E-state index in [1.165, 1.54) is 43.1 Å². The number of aliphatic imine (C=N–C) groups is 2. The molecule has 2 heterocycles. The van der Waals surface area contributed by atoms with Gasteiger partial charge in [0.25, 0.3) is 0 Å². The highest BCUT2D eigenvalue weighted by Gasteiger charge is 2.26. The van der Waals surface area contributed by atoms with Crippen LogP contribution in [0.2, 0.25) is 0 Å². The van der Waals surface area contributed by atoms with Gasteiger partial charge in [-0.2, -0.15) is 0 Å². The van der Waals surface area contributed by atoms with Gasteiger partial charge in [0, 0.05) is 54.2 Å². The summed E-state index contributed by atoms with van der Waals surface area (Å²) in [5, 5.41) is 16.3. The van der Waals surface area contributed by atoms with Gasteiger partial charge in [-0.25, -0.2) is 9.98 Å². The summed E-state index contributed by atoms with van der Waals surface area (Å²) >= 11 is 1.74. The van der Waals surface area contributed by atoms with E-state index >= 15 is 0 Å². The van der Waals surface area contributed by atoms with Crippen LogP contribution < -0.4 is 4.90 Å². The number of rotatable bonds is 4. The standard InChI is InChI=1S/C47H30N4S/c48-46(38-19-10-22-43-45(38)37-17-6-7-21-42(37)52-43)50-47(32-11-2-1-3-12-32)49-29-30-23-25-35(26-24-30)51-40-20-9-16-31-15-8-18-36(44(31)40)39-27-33-13-4-5-14-34(33)28-41(39)51/h1-29,48H/b48-46?,49-29+,50-47-. The lowest BCUT2D eigenvalue weighted by Gasteiger charge is -2.34. The van der Waals surface area contributed by atoms with Crippen molar-refractivity contribution in [3.8, 4) is 11.1 Å². The van der Waals surface area contributed by atoms with Crippen molar-refractivity contribution < 1.29 is 0 Å². The Morgan fingerprint density at radius 2 is 1.25 bits per heavy atom. The molecular formula is C47H30N4S. The van der Waals surface area contributed by atoms with E-state index in [9.17, 15) is 5.41 Å². The third-order valence-corrected chi connectivity index (χ3v) is 11.0. The molecule has 0 radical (unpaired) electrons. The summed E-state index contributed by atoms with van der Waals surface area (Å²) in [5.41, 5.74) is 8.49. The van der Waals surface area contributed by atoms with Gasteiger partial charge < -0.3 is 4.90 Å². The Morgan fingerprint density at radius 3 is 2.10 bits per heavy atom. The van der Waals surface area contributed by atoms with Crippen LogP contribution in [0.3, 0.4) is 0 Å². The lowest BCUT2D eigenvalue weighted by Crippen LogP contribution is -2.15. The first-order valence-electron chi connectivity index (χ1n) is 17.3. The maximum absolute atomic E-state index is 9.18. The normalized spacial score (nSPS) is 12.7. The Morgan fingerprint density at radius 1 is 0.558 bits per heavy atom. The minimum absolute atomic E-state index is 0.186. The zero-order valence-electron chi connectivity index (χ0n) is 28.0. The molecule has 0 saturated heterocycles. The van der Waals surface area contributed by atoms with Gasteiger partial charge in [0.1, 0.15) is 0 Å². The summed E-state index contributed by atoms with van der Waals surface area (Å²) in [5.74, 6) is 0.678. The molecule has 1 aliphatic heterocycles. The van der Waals surface area contributed by atoms with Crippen molar-refractivity contribution in [2.24, 2.45) is 9.98 Å². The number of benzene rings is 8. The number of nitrogens with zero attached hydrogens (tertiary/aromatic N) is 3. The van der Waals surface area contributed by atoms with Crippen LogP contribution in [-0.4, -0.2) is 17.9 Å². The lowest BCUT2D eigenvalue weighted by atomic mass is 9.89. The van der Waals surface area contributed by atoms with E-state index in [1.54, 1.807) is 11.3 Å². The minimum atomic E-state index is 0.186. The predicted molar refractivity (Wildman–Crippen MR) is 222 cm³/mol. The molecule has 0 aliphatic carbocycles. The van der Waals surface area contributed by atoms with Gasteiger partial charge in [0.2, 0.25) is 0 Å². The molecule has 0 unspecified atom stereocenters. The van der Waals surface area contributed by atoms with Crippen molar-refractivity contribution >= 4 is 88.0 Å². The van der Waals surface area contributed by atoms with Gasteiger partial charge in [0.05, 0.1) is 11.4 Å². The molecule has 1 aliphatic rings. The van der Waals surface area contributed by atoms with Crippen molar-refractivity contribution in [2.45, 2.75) is 0 Å². The second-order valence-electron chi connectivity index (χ2n) is 13.0. The number of fused-ring (bicyclic) bond motifs is 6. The molecule has 0 amide bonds. The molecule has 0 fully saturated rings. The third kappa shape index (κ3) is 5.02. The SMILES string of the molecule is N=C(/N=C(\N=C\c1ccc(N2c3cc4ccccc4cc3-c3cccc4cccc2c34)cc1)c1ccccc1)c1cccc2sc3ccccc3c12. The van der Waals surface area contributed by atoms with E-state index in [1.807, 2.05) is 48.7 Å². The highest BCUT2D eigenvalue weighted by molar-refractivity contribution is 7.25. The number of anilines is 3. The van der Waals surface area contributed by atoms with Gasteiger partial charge in [-0.1, -0.05) is 127 Å². The van der Waals surface area contributed by atoms with Crippen LogP contribution in [0.15, 0.2) is 180 Å². The topological polar surface area (TPSA) is 51.8 Å². The van der Waals surface area contributed by atoms with E-state index in [0.29, 0.717) is 5.84 Å². The number of hydrogen-bond donors (Lipinski definition) is 1. The van der Waals surface area contributed by atoms with Gasteiger partial charge in [-0.15, -0.1) is 11.3 Å². The first-order chi connectivity index (χ1) is 25.7. The zero-order chi connectivity index (χ0) is 34.6. The number of hydrogen-bond acceptors (Lipinski definition) is 3. The predicted octanol–water partition coefficient (Wildman–Crippen LogP) is 12.7. The second kappa shape index (κ2) is 12.3. The van der Waals surface area contributed by atoms with E-state index in [2.05, 4.69) is 132 Å². The molecule has 0 saturated carbocycles. The number of nitrogens with one attached hydrogen (secondary N) is 1. The Balaban J connectivity index is 1.04. The molecule has 4 nitrogen and oxygen atoms in total. The van der Waals surface area contributed by atoms with Crippen molar-refractivity contribution in [1.29, 1.82) is 5.41 Å². The summed E-state index contributed by atoms with van der Waals surface area (Å²) in [6, 6.07) is 59.3. The fourth-order valence-corrected chi connectivity index (χ4v) is 8.64. The third-order valence-electron chi connectivity index (χ3n) is 9.91. The van der Waals surface area contributed by atoms with E-state index in [4.69, 9.17) is 9.98 Å². The summed E-state index contributed by atoms with van der Waals surface area (Å²) < 4.78 is 2.35. The van der Waals surface area contributed by atoms with Crippen molar-refractivity contribution in [3.05, 3.63) is 187 Å². The Hall–Kier alpha value is -6.69. The largest absolute Gasteiger partial charge is 0.309 e. The van der Waals surface area contributed by atoms with E-state index in [-0.39, 0.29) is 5.84 Å². The summed E-state index contributed by atoms with van der Waals surface area (Å²) in [6.07, 6.45) is 1.84. The molecule has 1 N–H and O–H groups in total. The molecule has 0 atom stereocenters. The Labute approximate surface area is 304 Å². The molecule has 0 spiro atoms. The summed E-state index contributed by atoms with van der Waals surface area (Å²) in [4.78, 5) is 12.1. The quantitative estimate of drug-likeness (QED) is 0.146. The van der Waals surface area contributed by atoms with Crippen molar-refractivity contribution in [1.82, 2.24) is 0 Å². The lowest BCUT2D eigenvalue weighted by molar-refractivity contribution is 1.29. The monoisotopic (exact) mass is 682 g/mol. The molecular weight excluding hydrogens is 653 g/mol. The molecule has 0 bridgehead atoms. The van der Waals surface area contributed by atoms with Crippen LogP contribution in [0.1, 0.15) is 16.7 Å². The average molecular weight is 683 g/mol. The molecule has 9 aromatic rings. The molecule has 8 aromatic carbocycles. The minimum Gasteiger partial charge on any atom is -0.309 e. The highest BCUT2D eigenvalue weighted by atomic mass is 32.1. The smallest absolute Gasteiger partial charge is 0.161 e. The molecule has 244 valence electrons. The molecule has 10 rings (SSSR count). The van der Waals surface area contributed by atoms with Crippen molar-refractivity contribution in [2.75, 3.05) is 4.90 Å². The van der Waals surface area contributed by atoms with Crippen LogP contribution in [0.25, 0.3) is 52.8 Å². The van der Waals surface area contributed by atoms with Crippen molar-refractivity contribution in [3.63, 3.8) is 0 Å². The maximum Gasteiger partial charge on any atom is 0.161 e. The summed E-state index contributed by atoms with van der Waals surface area (Å²) in [7, 11) is 0. The molecule has 5 heteroatoms. The molecule has 1 aromatic heterocycles. The fraction of sp³-hybridized carbons (Fsp3) is 0.